The molecule has 0 amide bonds. The lowest BCUT2D eigenvalue weighted by Gasteiger charge is -2.05. The highest BCUT2D eigenvalue weighted by molar-refractivity contribution is 5.77. The lowest BCUT2D eigenvalue weighted by molar-refractivity contribution is -0.138. The zero-order valence-corrected chi connectivity index (χ0v) is 7.26. The molecule has 1 aromatic carbocycles. The van der Waals surface area contributed by atoms with E-state index in [9.17, 15) is 13.6 Å². The van der Waals surface area contributed by atoms with E-state index in [0.29, 0.717) is 18.4 Å². The SMILES string of the molecule is O=C(O)C1CCc2c1ccc(F)c2F. The molecule has 74 valence electrons. The first-order chi connectivity index (χ1) is 6.61. The van der Waals surface area contributed by atoms with E-state index in [2.05, 4.69) is 0 Å². The summed E-state index contributed by atoms with van der Waals surface area (Å²) in [6.07, 6.45) is 0.654. The van der Waals surface area contributed by atoms with Gasteiger partial charge in [-0.2, -0.15) is 0 Å². The molecule has 1 N–H and O–H groups in total. The van der Waals surface area contributed by atoms with Crippen LogP contribution in [0.4, 0.5) is 8.78 Å². The van der Waals surface area contributed by atoms with E-state index in [1.807, 2.05) is 0 Å². The molecule has 1 aliphatic carbocycles. The van der Waals surface area contributed by atoms with Crippen LogP contribution in [0.25, 0.3) is 0 Å². The van der Waals surface area contributed by atoms with Crippen LogP contribution in [0.2, 0.25) is 0 Å². The standard InChI is InChI=1S/C10H8F2O2/c11-8-4-3-5-6(9(8)12)1-2-7(5)10(13)14/h3-4,7H,1-2H2,(H,13,14). The van der Waals surface area contributed by atoms with Gasteiger partial charge in [0.15, 0.2) is 11.6 Å². The van der Waals surface area contributed by atoms with Gasteiger partial charge in [0, 0.05) is 0 Å². The topological polar surface area (TPSA) is 37.3 Å². The molecule has 1 unspecified atom stereocenters. The Labute approximate surface area is 79.2 Å². The zero-order chi connectivity index (χ0) is 10.3. The molecular formula is C10H8F2O2. The molecule has 0 fully saturated rings. The van der Waals surface area contributed by atoms with Gasteiger partial charge in [0.2, 0.25) is 0 Å². The van der Waals surface area contributed by atoms with Crippen LogP contribution in [0, 0.1) is 11.6 Å². The van der Waals surface area contributed by atoms with Crippen LogP contribution < -0.4 is 0 Å². The summed E-state index contributed by atoms with van der Waals surface area (Å²) >= 11 is 0. The first-order valence-corrected chi connectivity index (χ1v) is 4.31. The maximum absolute atomic E-state index is 13.2. The molecule has 2 nitrogen and oxygen atoms in total. The first-order valence-electron chi connectivity index (χ1n) is 4.31. The Morgan fingerprint density at radius 1 is 1.43 bits per heavy atom. The van der Waals surface area contributed by atoms with Crippen molar-refractivity contribution in [2.24, 2.45) is 0 Å². The summed E-state index contributed by atoms with van der Waals surface area (Å²) in [7, 11) is 0. The van der Waals surface area contributed by atoms with Crippen LogP contribution >= 0.6 is 0 Å². The van der Waals surface area contributed by atoms with E-state index in [1.165, 1.54) is 6.07 Å². The molecule has 0 saturated carbocycles. The van der Waals surface area contributed by atoms with E-state index in [0.717, 1.165) is 6.07 Å². The summed E-state index contributed by atoms with van der Waals surface area (Å²) in [6, 6.07) is 2.34. The van der Waals surface area contributed by atoms with Crippen molar-refractivity contribution in [2.45, 2.75) is 18.8 Å². The molecule has 0 bridgehead atoms. The summed E-state index contributed by atoms with van der Waals surface area (Å²) in [5.74, 6) is -3.46. The fourth-order valence-corrected chi connectivity index (χ4v) is 1.89. The van der Waals surface area contributed by atoms with Crippen molar-refractivity contribution in [3.8, 4) is 0 Å². The van der Waals surface area contributed by atoms with Crippen molar-refractivity contribution in [1.82, 2.24) is 0 Å². The third-order valence-electron chi connectivity index (χ3n) is 2.59. The highest BCUT2D eigenvalue weighted by Crippen LogP contribution is 2.35. The van der Waals surface area contributed by atoms with Gasteiger partial charge in [-0.1, -0.05) is 6.07 Å². The van der Waals surface area contributed by atoms with Crippen molar-refractivity contribution < 1.29 is 18.7 Å². The average molecular weight is 198 g/mol. The van der Waals surface area contributed by atoms with Crippen LogP contribution in [0.1, 0.15) is 23.5 Å². The second-order valence-corrected chi connectivity index (χ2v) is 3.36. The Balaban J connectivity index is 2.53. The minimum Gasteiger partial charge on any atom is -0.481 e. The molecule has 0 radical (unpaired) electrons. The number of carboxylic acid groups (broad SMARTS) is 1. The number of halogens is 2. The Hall–Kier alpha value is -1.45. The quantitative estimate of drug-likeness (QED) is 0.750. The summed E-state index contributed by atoms with van der Waals surface area (Å²) in [6.45, 7) is 0. The Morgan fingerprint density at radius 3 is 2.79 bits per heavy atom. The number of hydrogen-bond donors (Lipinski definition) is 1. The first kappa shape index (κ1) is 9.12. The van der Waals surface area contributed by atoms with Crippen molar-refractivity contribution >= 4 is 5.97 Å². The summed E-state index contributed by atoms with van der Waals surface area (Å²) in [5, 5.41) is 8.80. The molecule has 0 aromatic heterocycles. The fraction of sp³-hybridized carbons (Fsp3) is 0.300. The van der Waals surface area contributed by atoms with E-state index >= 15 is 0 Å². The smallest absolute Gasteiger partial charge is 0.310 e. The van der Waals surface area contributed by atoms with E-state index < -0.39 is 23.5 Å². The Bertz CT molecular complexity index is 401. The van der Waals surface area contributed by atoms with Crippen molar-refractivity contribution in [2.75, 3.05) is 0 Å². The predicted octanol–water partition coefficient (Wildman–Crippen LogP) is 2.08. The number of benzene rings is 1. The summed E-state index contributed by atoms with van der Waals surface area (Å²) in [5.41, 5.74) is 0.633. The summed E-state index contributed by atoms with van der Waals surface area (Å²) in [4.78, 5) is 10.7. The van der Waals surface area contributed by atoms with Gasteiger partial charge in [-0.15, -0.1) is 0 Å². The predicted molar refractivity (Wildman–Crippen MR) is 45.1 cm³/mol. The molecule has 2 rings (SSSR count). The van der Waals surface area contributed by atoms with Crippen molar-refractivity contribution in [3.05, 3.63) is 34.9 Å². The molecule has 1 aliphatic rings. The van der Waals surface area contributed by atoms with Gasteiger partial charge in [-0.05, 0) is 30.0 Å². The monoisotopic (exact) mass is 198 g/mol. The van der Waals surface area contributed by atoms with Gasteiger partial charge >= 0.3 is 5.97 Å². The Kier molecular flexibility index (Phi) is 1.98. The van der Waals surface area contributed by atoms with Crippen LogP contribution in [0.15, 0.2) is 12.1 Å². The lowest BCUT2D eigenvalue weighted by atomic mass is 10.0. The van der Waals surface area contributed by atoms with Crippen LogP contribution in [0.5, 0.6) is 0 Å². The van der Waals surface area contributed by atoms with E-state index in [4.69, 9.17) is 5.11 Å². The zero-order valence-electron chi connectivity index (χ0n) is 7.26. The third kappa shape index (κ3) is 1.18. The van der Waals surface area contributed by atoms with Gasteiger partial charge in [0.05, 0.1) is 5.92 Å². The largest absolute Gasteiger partial charge is 0.481 e. The van der Waals surface area contributed by atoms with Crippen LogP contribution in [-0.2, 0) is 11.2 Å². The number of carboxylic acids is 1. The maximum Gasteiger partial charge on any atom is 0.310 e. The molecule has 0 saturated heterocycles. The van der Waals surface area contributed by atoms with Gasteiger partial charge < -0.3 is 5.11 Å². The fourth-order valence-electron chi connectivity index (χ4n) is 1.89. The number of rotatable bonds is 1. The third-order valence-corrected chi connectivity index (χ3v) is 2.59. The van der Waals surface area contributed by atoms with E-state index in [-0.39, 0.29) is 5.56 Å². The second kappa shape index (κ2) is 3.04. The van der Waals surface area contributed by atoms with Gasteiger partial charge in [-0.3, -0.25) is 4.79 Å². The molecular weight excluding hydrogens is 190 g/mol. The summed E-state index contributed by atoms with van der Waals surface area (Å²) < 4.78 is 26.0. The van der Waals surface area contributed by atoms with Crippen LogP contribution in [-0.4, -0.2) is 11.1 Å². The Morgan fingerprint density at radius 2 is 2.14 bits per heavy atom. The highest BCUT2D eigenvalue weighted by atomic mass is 19.2. The number of hydrogen-bond acceptors (Lipinski definition) is 1. The number of carbonyl (C=O) groups is 1. The number of fused-ring (bicyclic) bond motifs is 1. The maximum atomic E-state index is 13.2. The van der Waals surface area contributed by atoms with Crippen molar-refractivity contribution in [1.29, 1.82) is 0 Å². The van der Waals surface area contributed by atoms with E-state index in [1.54, 1.807) is 0 Å². The molecule has 0 heterocycles. The normalized spacial score (nSPS) is 19.4. The molecule has 4 heteroatoms. The minimum atomic E-state index is -0.977. The van der Waals surface area contributed by atoms with Crippen molar-refractivity contribution in [3.63, 3.8) is 0 Å². The highest BCUT2D eigenvalue weighted by Gasteiger charge is 2.31. The number of aliphatic carboxylic acids is 1. The van der Waals surface area contributed by atoms with Crippen LogP contribution in [0.3, 0.4) is 0 Å². The average Bonchev–Trinajstić information content (AvgIpc) is 2.55. The van der Waals surface area contributed by atoms with Gasteiger partial charge in [0.1, 0.15) is 0 Å². The second-order valence-electron chi connectivity index (χ2n) is 3.36. The molecule has 1 aromatic rings. The lowest BCUT2D eigenvalue weighted by Crippen LogP contribution is -2.08. The molecule has 0 spiro atoms. The molecule has 14 heavy (non-hydrogen) atoms. The minimum absolute atomic E-state index is 0.220. The molecule has 1 atom stereocenters. The molecule has 0 aliphatic heterocycles. The van der Waals surface area contributed by atoms with Gasteiger partial charge in [-0.25, -0.2) is 8.78 Å². The van der Waals surface area contributed by atoms with Gasteiger partial charge in [0.25, 0.3) is 0 Å².